The summed E-state index contributed by atoms with van der Waals surface area (Å²) < 4.78 is 16.1. The molecule has 2 aromatic heterocycles. The third kappa shape index (κ3) is 4.44. The van der Waals surface area contributed by atoms with Gasteiger partial charge in [-0.1, -0.05) is 37.8 Å². The highest BCUT2D eigenvalue weighted by molar-refractivity contribution is 6.31. The number of aromatic nitrogens is 3. The normalized spacial score (nSPS) is 19.3. The quantitative estimate of drug-likeness (QED) is 0.384. The molecule has 33 heavy (non-hydrogen) atoms. The number of benzene rings is 1. The number of halogens is 2. The van der Waals surface area contributed by atoms with Gasteiger partial charge in [0.25, 0.3) is 0 Å². The predicted molar refractivity (Wildman–Crippen MR) is 134 cm³/mol. The van der Waals surface area contributed by atoms with Crippen molar-refractivity contribution in [2.75, 3.05) is 18.0 Å². The SMILES string of the molecule is CCc1nc2c3cnc(c(F)c3n1)-c1cc(C)cc(Cl)c1CCCCCCC1CCCN2C1. The van der Waals surface area contributed by atoms with Gasteiger partial charge in [0.15, 0.2) is 5.82 Å². The molecule has 174 valence electrons. The summed E-state index contributed by atoms with van der Waals surface area (Å²) >= 11 is 6.68. The van der Waals surface area contributed by atoms with E-state index in [2.05, 4.69) is 14.9 Å². The molecule has 0 amide bonds. The first-order chi connectivity index (χ1) is 16.0. The van der Waals surface area contributed by atoms with E-state index in [1.54, 1.807) is 6.20 Å². The molecule has 0 N–H and O–H groups in total. The van der Waals surface area contributed by atoms with E-state index in [0.29, 0.717) is 39.8 Å². The third-order valence-corrected chi connectivity index (χ3v) is 7.57. The Balaban J connectivity index is 1.73. The van der Waals surface area contributed by atoms with Crippen LogP contribution in [-0.2, 0) is 12.8 Å². The Morgan fingerprint density at radius 2 is 1.91 bits per heavy atom. The number of hydrogen-bond donors (Lipinski definition) is 0. The predicted octanol–water partition coefficient (Wildman–Crippen LogP) is 7.08. The number of aryl methyl sites for hydroxylation is 2. The highest BCUT2D eigenvalue weighted by Gasteiger charge is 2.26. The Morgan fingerprint density at radius 3 is 2.76 bits per heavy atom. The van der Waals surface area contributed by atoms with Crippen LogP contribution in [0.5, 0.6) is 0 Å². The van der Waals surface area contributed by atoms with E-state index in [4.69, 9.17) is 16.6 Å². The van der Waals surface area contributed by atoms with Crippen molar-refractivity contribution in [2.24, 2.45) is 5.92 Å². The lowest BCUT2D eigenvalue weighted by Crippen LogP contribution is -2.36. The number of piperidine rings is 1. The second-order valence-corrected chi connectivity index (χ2v) is 10.1. The molecule has 1 unspecified atom stereocenters. The maximum Gasteiger partial charge on any atom is 0.175 e. The molecule has 6 rings (SSSR count). The van der Waals surface area contributed by atoms with Gasteiger partial charge in [-0.3, -0.25) is 4.98 Å². The zero-order valence-electron chi connectivity index (χ0n) is 19.6. The van der Waals surface area contributed by atoms with Crippen molar-refractivity contribution in [3.63, 3.8) is 0 Å². The van der Waals surface area contributed by atoms with Gasteiger partial charge in [-0.25, -0.2) is 14.4 Å². The second-order valence-electron chi connectivity index (χ2n) is 9.68. The number of fused-ring (bicyclic) bond motifs is 6. The van der Waals surface area contributed by atoms with Crippen molar-refractivity contribution in [1.82, 2.24) is 15.0 Å². The number of hydrogen-bond acceptors (Lipinski definition) is 4. The maximum atomic E-state index is 16.1. The van der Waals surface area contributed by atoms with E-state index in [0.717, 1.165) is 61.3 Å². The minimum Gasteiger partial charge on any atom is -0.356 e. The van der Waals surface area contributed by atoms with Crippen LogP contribution < -0.4 is 4.90 Å². The van der Waals surface area contributed by atoms with Crippen molar-refractivity contribution >= 4 is 28.3 Å². The molecule has 1 fully saturated rings. The van der Waals surface area contributed by atoms with Crippen LogP contribution in [0.15, 0.2) is 18.3 Å². The molecule has 0 radical (unpaired) electrons. The summed E-state index contributed by atoms with van der Waals surface area (Å²) in [7, 11) is 0. The van der Waals surface area contributed by atoms with E-state index >= 15 is 4.39 Å². The molecule has 3 aromatic rings. The number of nitrogens with zero attached hydrogens (tertiary/aromatic N) is 4. The van der Waals surface area contributed by atoms with Crippen molar-refractivity contribution in [3.05, 3.63) is 46.1 Å². The third-order valence-electron chi connectivity index (χ3n) is 7.23. The van der Waals surface area contributed by atoms with Gasteiger partial charge in [0.1, 0.15) is 22.9 Å². The van der Waals surface area contributed by atoms with Crippen LogP contribution in [0.4, 0.5) is 10.2 Å². The summed E-state index contributed by atoms with van der Waals surface area (Å²) in [6.07, 6.45) is 11.6. The summed E-state index contributed by atoms with van der Waals surface area (Å²) in [4.78, 5) is 16.5. The molecule has 1 saturated heterocycles. The zero-order valence-corrected chi connectivity index (χ0v) is 20.4. The Bertz CT molecular complexity index is 1180. The summed E-state index contributed by atoms with van der Waals surface area (Å²) in [6, 6.07) is 3.99. The minimum atomic E-state index is -0.366. The van der Waals surface area contributed by atoms with Gasteiger partial charge in [-0.15, -0.1) is 0 Å². The first-order valence-corrected chi connectivity index (χ1v) is 12.8. The first kappa shape index (κ1) is 22.5. The molecular weight excluding hydrogens is 435 g/mol. The molecule has 6 heteroatoms. The van der Waals surface area contributed by atoms with E-state index in [1.165, 1.54) is 25.7 Å². The van der Waals surface area contributed by atoms with E-state index in [-0.39, 0.29) is 5.82 Å². The van der Waals surface area contributed by atoms with Gasteiger partial charge in [-0.05, 0) is 68.2 Å². The van der Waals surface area contributed by atoms with Gasteiger partial charge in [-0.2, -0.15) is 0 Å². The Hall–Kier alpha value is -2.27. The highest BCUT2D eigenvalue weighted by atomic mass is 35.5. The fraction of sp³-hybridized carbons (Fsp3) is 0.519. The number of anilines is 1. The summed E-state index contributed by atoms with van der Waals surface area (Å²) in [5, 5.41) is 1.41. The molecule has 1 atom stereocenters. The lowest BCUT2D eigenvalue weighted by Gasteiger charge is -2.34. The molecule has 1 aromatic carbocycles. The molecule has 6 bridgehead atoms. The average molecular weight is 467 g/mol. The van der Waals surface area contributed by atoms with Crippen LogP contribution in [0.2, 0.25) is 5.02 Å². The van der Waals surface area contributed by atoms with Crippen LogP contribution in [0.25, 0.3) is 22.2 Å². The minimum absolute atomic E-state index is 0.346. The molecule has 5 heterocycles. The lowest BCUT2D eigenvalue weighted by atomic mass is 9.91. The lowest BCUT2D eigenvalue weighted by molar-refractivity contribution is 0.375. The first-order valence-electron chi connectivity index (χ1n) is 12.4. The molecule has 3 aliphatic heterocycles. The van der Waals surface area contributed by atoms with E-state index in [9.17, 15) is 0 Å². The van der Waals surface area contributed by atoms with Crippen molar-refractivity contribution in [2.45, 2.75) is 71.6 Å². The van der Waals surface area contributed by atoms with Gasteiger partial charge < -0.3 is 4.90 Å². The van der Waals surface area contributed by atoms with Crippen LogP contribution in [-0.4, -0.2) is 28.0 Å². The standard InChI is InChI=1S/C27H32ClFN4/c1-3-23-31-26-21-15-30-25(24(26)29)20-13-17(2)14-22(28)19(20)11-7-5-4-6-9-18-10-8-12-33(16-18)27(21)32-23/h13-15,18H,3-12,16H2,1-2H3. The van der Waals surface area contributed by atoms with Gasteiger partial charge in [0.2, 0.25) is 0 Å². The molecule has 3 aliphatic rings. The highest BCUT2D eigenvalue weighted by Crippen LogP contribution is 2.37. The average Bonchev–Trinajstić information content (AvgIpc) is 2.81. The topological polar surface area (TPSA) is 41.9 Å². The van der Waals surface area contributed by atoms with E-state index in [1.807, 2.05) is 26.0 Å². The van der Waals surface area contributed by atoms with Crippen LogP contribution in [0.1, 0.15) is 68.8 Å². The van der Waals surface area contributed by atoms with Gasteiger partial charge in [0.05, 0.1) is 5.39 Å². The molecular formula is C27H32ClFN4. The van der Waals surface area contributed by atoms with Crippen LogP contribution in [0.3, 0.4) is 0 Å². The smallest absolute Gasteiger partial charge is 0.175 e. The van der Waals surface area contributed by atoms with Crippen LogP contribution in [0, 0.1) is 18.7 Å². The van der Waals surface area contributed by atoms with Crippen LogP contribution >= 0.6 is 11.6 Å². The number of pyridine rings is 1. The Labute approximate surface area is 200 Å². The van der Waals surface area contributed by atoms with Crippen molar-refractivity contribution < 1.29 is 4.39 Å². The van der Waals surface area contributed by atoms with Crippen molar-refractivity contribution in [3.8, 4) is 11.3 Å². The molecule has 0 aliphatic carbocycles. The fourth-order valence-corrected chi connectivity index (χ4v) is 5.86. The maximum absolute atomic E-state index is 16.1. The van der Waals surface area contributed by atoms with E-state index < -0.39 is 0 Å². The summed E-state index contributed by atoms with van der Waals surface area (Å²) in [5.41, 5.74) is 3.51. The fourth-order valence-electron chi connectivity index (χ4n) is 5.49. The van der Waals surface area contributed by atoms with Gasteiger partial charge >= 0.3 is 0 Å². The monoisotopic (exact) mass is 466 g/mol. The zero-order chi connectivity index (χ0) is 22.9. The van der Waals surface area contributed by atoms with Gasteiger partial charge in [0, 0.05) is 36.3 Å². The largest absolute Gasteiger partial charge is 0.356 e. The van der Waals surface area contributed by atoms with Crippen molar-refractivity contribution in [1.29, 1.82) is 0 Å². The molecule has 4 nitrogen and oxygen atoms in total. The number of rotatable bonds is 1. The molecule has 0 saturated carbocycles. The summed E-state index contributed by atoms with van der Waals surface area (Å²) in [5.74, 6) is 1.82. The Morgan fingerprint density at radius 1 is 1.09 bits per heavy atom. The second kappa shape index (κ2) is 9.54. The molecule has 0 spiro atoms. The Kier molecular flexibility index (Phi) is 6.51. The summed E-state index contributed by atoms with van der Waals surface area (Å²) in [6.45, 7) is 5.95.